The van der Waals surface area contributed by atoms with Crippen molar-refractivity contribution in [1.29, 1.82) is 0 Å². The number of nitrogens with zero attached hydrogens (tertiary/aromatic N) is 5. The molecule has 1 fully saturated rings. The fourth-order valence-corrected chi connectivity index (χ4v) is 3.69. The molecule has 0 saturated heterocycles. The molecule has 0 bridgehead atoms. The van der Waals surface area contributed by atoms with E-state index in [1.54, 1.807) is 0 Å². The first-order chi connectivity index (χ1) is 14.6. The van der Waals surface area contributed by atoms with E-state index in [1.807, 2.05) is 19.3 Å². The normalized spacial score (nSPS) is 16.2. The second-order valence-electron chi connectivity index (χ2n) is 8.68. The summed E-state index contributed by atoms with van der Waals surface area (Å²) < 4.78 is 25.7. The van der Waals surface area contributed by atoms with Crippen molar-refractivity contribution in [3.63, 3.8) is 0 Å². The van der Waals surface area contributed by atoms with E-state index >= 15 is 0 Å². The van der Waals surface area contributed by atoms with Crippen molar-refractivity contribution in [2.45, 2.75) is 64.3 Å². The Morgan fingerprint density at radius 2 is 1.74 bits per heavy atom. The molecule has 1 saturated carbocycles. The molecule has 2 aromatic rings. The molecule has 31 heavy (non-hydrogen) atoms. The number of aromatic nitrogens is 5. The SMILES string of the molecule is CC(C)C[C@H](CO)Nc1nc(C[C@@H](C)c2cnc(C3CC3)nc2)nc(NS(C)(=O)=O)n1. The molecule has 170 valence electrons. The van der Waals surface area contributed by atoms with Crippen LogP contribution in [0.25, 0.3) is 0 Å². The maximum Gasteiger partial charge on any atom is 0.241 e. The van der Waals surface area contributed by atoms with E-state index in [1.165, 1.54) is 0 Å². The minimum Gasteiger partial charge on any atom is -0.394 e. The zero-order valence-corrected chi connectivity index (χ0v) is 19.2. The summed E-state index contributed by atoms with van der Waals surface area (Å²) >= 11 is 0. The number of hydrogen-bond acceptors (Lipinski definition) is 9. The molecule has 10 nitrogen and oxygen atoms in total. The summed E-state index contributed by atoms with van der Waals surface area (Å²) in [7, 11) is -3.55. The molecule has 0 aliphatic heterocycles. The fourth-order valence-electron chi connectivity index (χ4n) is 3.26. The zero-order chi connectivity index (χ0) is 22.6. The molecular formula is C20H31N7O3S. The lowest BCUT2D eigenvalue weighted by Gasteiger charge is -2.19. The van der Waals surface area contributed by atoms with E-state index < -0.39 is 10.0 Å². The van der Waals surface area contributed by atoms with Crippen molar-refractivity contribution in [3.8, 4) is 0 Å². The lowest BCUT2D eigenvalue weighted by atomic mass is 10.0. The Hall–Kier alpha value is -2.40. The maximum absolute atomic E-state index is 11.7. The standard InChI is InChI=1S/C20H31N7O3S/c1-12(2)7-16(11-28)23-19-24-17(25-20(26-19)27-31(4,29)30)8-13(3)15-9-21-18(22-10-15)14-5-6-14/h9-10,12-14,16,28H,5-8,11H2,1-4H3,(H2,23,24,25,26,27)/t13-,16-/m1/s1. The summed E-state index contributed by atoms with van der Waals surface area (Å²) in [5.41, 5.74) is 0.963. The Labute approximate surface area is 183 Å². The molecule has 2 heterocycles. The number of anilines is 2. The van der Waals surface area contributed by atoms with E-state index in [0.717, 1.165) is 30.5 Å². The van der Waals surface area contributed by atoms with Gasteiger partial charge in [-0.1, -0.05) is 20.8 Å². The van der Waals surface area contributed by atoms with E-state index in [4.69, 9.17) is 0 Å². The monoisotopic (exact) mass is 449 g/mol. The minimum absolute atomic E-state index is 0.0267. The Kier molecular flexibility index (Phi) is 7.37. The Balaban J connectivity index is 1.80. The summed E-state index contributed by atoms with van der Waals surface area (Å²) in [5, 5.41) is 12.8. The zero-order valence-electron chi connectivity index (χ0n) is 18.4. The van der Waals surface area contributed by atoms with Gasteiger partial charge in [0.15, 0.2) is 0 Å². The van der Waals surface area contributed by atoms with Crippen molar-refractivity contribution >= 4 is 21.9 Å². The van der Waals surface area contributed by atoms with Gasteiger partial charge in [-0.2, -0.15) is 15.0 Å². The second kappa shape index (κ2) is 9.82. The summed E-state index contributed by atoms with van der Waals surface area (Å²) in [4.78, 5) is 21.8. The molecule has 1 aliphatic carbocycles. The Bertz CT molecular complexity index is 979. The lowest BCUT2D eigenvalue weighted by Crippen LogP contribution is -2.27. The van der Waals surface area contributed by atoms with Gasteiger partial charge in [-0.25, -0.2) is 18.4 Å². The van der Waals surface area contributed by atoms with Crippen LogP contribution in [-0.4, -0.2) is 57.3 Å². The number of nitrogens with one attached hydrogen (secondary N) is 2. The van der Waals surface area contributed by atoms with Crippen LogP contribution in [0.3, 0.4) is 0 Å². The number of hydrogen-bond donors (Lipinski definition) is 3. The predicted molar refractivity (Wildman–Crippen MR) is 118 cm³/mol. The molecular weight excluding hydrogens is 418 g/mol. The summed E-state index contributed by atoms with van der Waals surface area (Å²) in [5.74, 6) is 2.38. The van der Waals surface area contributed by atoms with Crippen LogP contribution in [0.2, 0.25) is 0 Å². The molecule has 0 spiro atoms. The molecule has 2 aromatic heterocycles. The Morgan fingerprint density at radius 1 is 1.10 bits per heavy atom. The van der Waals surface area contributed by atoms with Gasteiger partial charge in [0.2, 0.25) is 21.9 Å². The van der Waals surface area contributed by atoms with Crippen molar-refractivity contribution < 1.29 is 13.5 Å². The van der Waals surface area contributed by atoms with Gasteiger partial charge >= 0.3 is 0 Å². The quantitative estimate of drug-likeness (QED) is 0.470. The highest BCUT2D eigenvalue weighted by Gasteiger charge is 2.26. The number of rotatable bonds is 11. The first-order valence-corrected chi connectivity index (χ1v) is 12.4. The average Bonchev–Trinajstić information content (AvgIpc) is 3.51. The largest absolute Gasteiger partial charge is 0.394 e. The van der Waals surface area contributed by atoms with E-state index in [9.17, 15) is 13.5 Å². The summed E-state index contributed by atoms with van der Waals surface area (Å²) in [6, 6.07) is -0.248. The number of aliphatic hydroxyl groups excluding tert-OH is 1. The van der Waals surface area contributed by atoms with Gasteiger partial charge in [-0.3, -0.25) is 4.72 Å². The van der Waals surface area contributed by atoms with Crippen LogP contribution in [0.15, 0.2) is 12.4 Å². The van der Waals surface area contributed by atoms with E-state index in [-0.39, 0.29) is 30.5 Å². The molecule has 0 radical (unpaired) electrons. The topological polar surface area (TPSA) is 143 Å². The average molecular weight is 450 g/mol. The van der Waals surface area contributed by atoms with Crippen LogP contribution in [0, 0.1) is 5.92 Å². The summed E-state index contributed by atoms with van der Waals surface area (Å²) in [6.45, 7) is 6.04. The number of sulfonamides is 1. The lowest BCUT2D eigenvalue weighted by molar-refractivity contribution is 0.259. The molecule has 3 rings (SSSR count). The van der Waals surface area contributed by atoms with Crippen molar-refractivity contribution in [3.05, 3.63) is 29.6 Å². The maximum atomic E-state index is 11.7. The molecule has 0 unspecified atom stereocenters. The third-order valence-electron chi connectivity index (χ3n) is 4.96. The summed E-state index contributed by atoms with van der Waals surface area (Å²) in [6.07, 6.45) is 8.19. The number of aliphatic hydroxyl groups is 1. The van der Waals surface area contributed by atoms with Crippen molar-refractivity contribution in [1.82, 2.24) is 24.9 Å². The van der Waals surface area contributed by atoms with E-state index in [2.05, 4.69) is 48.8 Å². The predicted octanol–water partition coefficient (Wildman–Crippen LogP) is 2.08. The molecule has 0 aromatic carbocycles. The van der Waals surface area contributed by atoms with Crippen LogP contribution in [0.5, 0.6) is 0 Å². The third kappa shape index (κ3) is 7.35. The van der Waals surface area contributed by atoms with Crippen LogP contribution >= 0.6 is 0 Å². The molecule has 1 aliphatic rings. The van der Waals surface area contributed by atoms with Crippen molar-refractivity contribution in [2.24, 2.45) is 5.92 Å². The van der Waals surface area contributed by atoms with Crippen LogP contribution in [-0.2, 0) is 16.4 Å². The van der Waals surface area contributed by atoms with Gasteiger partial charge in [0.25, 0.3) is 0 Å². The fraction of sp³-hybridized carbons (Fsp3) is 0.650. The van der Waals surface area contributed by atoms with Crippen LogP contribution in [0.1, 0.15) is 69.1 Å². The first kappa shape index (κ1) is 23.3. The highest BCUT2D eigenvalue weighted by Crippen LogP contribution is 2.37. The third-order valence-corrected chi connectivity index (χ3v) is 5.51. The minimum atomic E-state index is -3.55. The van der Waals surface area contributed by atoms with Crippen LogP contribution < -0.4 is 10.0 Å². The highest BCUT2D eigenvalue weighted by atomic mass is 32.2. The molecule has 0 amide bonds. The highest BCUT2D eigenvalue weighted by molar-refractivity contribution is 7.91. The van der Waals surface area contributed by atoms with Crippen LogP contribution in [0.4, 0.5) is 11.9 Å². The van der Waals surface area contributed by atoms with Crippen molar-refractivity contribution in [2.75, 3.05) is 22.9 Å². The van der Waals surface area contributed by atoms with Gasteiger partial charge in [0.05, 0.1) is 18.9 Å². The first-order valence-electron chi connectivity index (χ1n) is 10.5. The molecule has 2 atom stereocenters. The Morgan fingerprint density at radius 3 is 2.29 bits per heavy atom. The van der Waals surface area contributed by atoms with Gasteiger partial charge < -0.3 is 10.4 Å². The van der Waals surface area contributed by atoms with E-state index in [0.29, 0.717) is 30.5 Å². The van der Waals surface area contributed by atoms with Gasteiger partial charge in [-0.15, -0.1) is 0 Å². The van der Waals surface area contributed by atoms with Gasteiger partial charge in [0.1, 0.15) is 11.6 Å². The molecule has 3 N–H and O–H groups in total. The second-order valence-corrected chi connectivity index (χ2v) is 10.4. The smallest absolute Gasteiger partial charge is 0.241 e. The molecule has 11 heteroatoms. The van der Waals surface area contributed by atoms with Gasteiger partial charge in [0, 0.05) is 24.7 Å². The van der Waals surface area contributed by atoms with Gasteiger partial charge in [-0.05, 0) is 36.7 Å².